The van der Waals surface area contributed by atoms with Gasteiger partial charge in [0.1, 0.15) is 11.7 Å². The number of nitrogens with zero attached hydrogens (tertiary/aromatic N) is 1. The van der Waals surface area contributed by atoms with Gasteiger partial charge >= 0.3 is 11.9 Å². The van der Waals surface area contributed by atoms with E-state index in [0.717, 1.165) is 52.4 Å². The van der Waals surface area contributed by atoms with Gasteiger partial charge in [-0.3, -0.25) is 9.69 Å². The van der Waals surface area contributed by atoms with Gasteiger partial charge in [-0.2, -0.15) is 0 Å². The number of ether oxygens (including phenoxy) is 2. The van der Waals surface area contributed by atoms with E-state index in [2.05, 4.69) is 116 Å². The second-order valence-electron chi connectivity index (χ2n) is 11.8. The Bertz CT molecular complexity index is 1440. The lowest BCUT2D eigenvalue weighted by Gasteiger charge is -2.26. The third-order valence-corrected chi connectivity index (χ3v) is 7.86. The minimum absolute atomic E-state index is 0.234. The number of carbonyl (C=O) groups is 2. The van der Waals surface area contributed by atoms with Crippen molar-refractivity contribution in [3.05, 3.63) is 156 Å². The van der Waals surface area contributed by atoms with Crippen molar-refractivity contribution in [2.45, 2.75) is 32.2 Å². The molecule has 4 aromatic rings. The van der Waals surface area contributed by atoms with E-state index in [1.54, 1.807) is 14.1 Å². The fourth-order valence-corrected chi connectivity index (χ4v) is 4.89. The molecule has 0 radical (unpaired) electrons. The predicted octanol–water partition coefficient (Wildman–Crippen LogP) is 4.50. The van der Waals surface area contributed by atoms with Crippen molar-refractivity contribution >= 4 is 11.9 Å². The average molecular weight is 711 g/mol. The molecule has 0 aromatic heterocycles. The van der Waals surface area contributed by atoms with E-state index in [1.165, 1.54) is 36.5 Å². The molecule has 4 aromatic carbocycles. The zero-order valence-corrected chi connectivity index (χ0v) is 31.3. The van der Waals surface area contributed by atoms with Crippen LogP contribution < -0.4 is 26.6 Å². The smallest absolute Gasteiger partial charge is 0.353 e. The number of rotatable bonds is 20. The van der Waals surface area contributed by atoms with Gasteiger partial charge in [0.15, 0.2) is 0 Å². The first-order chi connectivity index (χ1) is 25.4. The molecule has 1 unspecified atom stereocenters. The van der Waals surface area contributed by atoms with Gasteiger partial charge in [0.25, 0.3) is 0 Å². The molecule has 0 fully saturated rings. The Balaban J connectivity index is 0.000000310. The summed E-state index contributed by atoms with van der Waals surface area (Å²) >= 11 is 0. The van der Waals surface area contributed by atoms with Crippen LogP contribution in [0.5, 0.6) is 0 Å². The minimum Gasteiger partial charge on any atom is -0.468 e. The Hall–Kier alpha value is -4.84. The van der Waals surface area contributed by atoms with Crippen LogP contribution in [0.25, 0.3) is 0 Å². The number of hydrogen-bond donors (Lipinski definition) is 5. The third-order valence-electron chi connectivity index (χ3n) is 7.86. The fourth-order valence-electron chi connectivity index (χ4n) is 4.89. The van der Waals surface area contributed by atoms with Crippen LogP contribution in [0.3, 0.4) is 0 Å². The second kappa shape index (κ2) is 27.8. The summed E-state index contributed by atoms with van der Waals surface area (Å²) in [6.45, 7) is 11.1. The van der Waals surface area contributed by atoms with E-state index in [1.807, 2.05) is 48.5 Å². The van der Waals surface area contributed by atoms with E-state index in [9.17, 15) is 9.59 Å². The highest BCUT2D eigenvalue weighted by Gasteiger charge is 2.20. The molecule has 0 bridgehead atoms. The average Bonchev–Trinajstić information content (AvgIpc) is 3.20. The highest BCUT2D eigenvalue weighted by molar-refractivity contribution is 5.86. The summed E-state index contributed by atoms with van der Waals surface area (Å²) < 4.78 is 9.20. The predicted molar refractivity (Wildman–Crippen MR) is 211 cm³/mol. The molecule has 1 atom stereocenters. The molecule has 4 rings (SSSR count). The van der Waals surface area contributed by atoms with Crippen LogP contribution in [-0.2, 0) is 45.2 Å². The first-order valence-corrected chi connectivity index (χ1v) is 17.6. The highest BCUT2D eigenvalue weighted by atomic mass is 16.5. The van der Waals surface area contributed by atoms with Gasteiger partial charge in [-0.1, -0.05) is 128 Å². The molecule has 280 valence electrons. The Kier molecular flexibility index (Phi) is 23.2. The number of methoxy groups -OCH3 is 2. The number of esters is 2. The van der Waals surface area contributed by atoms with Crippen molar-refractivity contribution in [2.24, 2.45) is 0 Å². The van der Waals surface area contributed by atoms with E-state index in [4.69, 9.17) is 4.74 Å². The zero-order chi connectivity index (χ0) is 37.7. The van der Waals surface area contributed by atoms with Gasteiger partial charge in [0.05, 0.1) is 14.2 Å². The molecule has 0 aliphatic rings. The van der Waals surface area contributed by atoms with E-state index in [0.29, 0.717) is 6.54 Å². The van der Waals surface area contributed by atoms with E-state index < -0.39 is 5.97 Å². The topological polar surface area (TPSA) is 116 Å². The normalized spacial score (nSPS) is 10.9. The Morgan fingerprint density at radius 2 is 1.02 bits per heavy atom. The van der Waals surface area contributed by atoms with Crippen LogP contribution in [-0.4, -0.2) is 83.9 Å². The summed E-state index contributed by atoms with van der Waals surface area (Å²) in [7, 11) is 6.13. The third kappa shape index (κ3) is 19.5. The number of carbonyl (C=O) groups excluding carboxylic acids is 2. The highest BCUT2D eigenvalue weighted by Crippen LogP contribution is 2.06. The van der Waals surface area contributed by atoms with Crippen LogP contribution in [0, 0.1) is 0 Å². The lowest BCUT2D eigenvalue weighted by molar-refractivity contribution is -0.143. The molecular weight excluding hydrogens is 652 g/mol. The molecule has 0 saturated carbocycles. The van der Waals surface area contributed by atoms with Crippen LogP contribution in [0.2, 0.25) is 0 Å². The fraction of sp³-hybridized carbons (Fsp3) is 0.333. The number of hydrogen-bond acceptors (Lipinski definition) is 10. The lowest BCUT2D eigenvalue weighted by Crippen LogP contribution is -2.46. The maximum absolute atomic E-state index is 11.9. The van der Waals surface area contributed by atoms with E-state index in [-0.39, 0.29) is 17.7 Å². The van der Waals surface area contributed by atoms with Crippen LogP contribution >= 0.6 is 0 Å². The van der Waals surface area contributed by atoms with Gasteiger partial charge in [-0.15, -0.1) is 0 Å². The van der Waals surface area contributed by atoms with Crippen molar-refractivity contribution in [1.82, 2.24) is 31.5 Å². The van der Waals surface area contributed by atoms with Crippen molar-refractivity contribution in [1.29, 1.82) is 0 Å². The van der Waals surface area contributed by atoms with Crippen molar-refractivity contribution in [2.75, 3.05) is 61.0 Å². The zero-order valence-electron chi connectivity index (χ0n) is 31.3. The standard InChI is InChI=1S/C21H29N3O2.C16H20N2.C5H9NO2/c1-22-20(21(25)26-2)17-24(16-19-11-7-4-8-12-19)14-13-23-15-18-9-5-3-6-10-18;1-3-7-15(8-4-1)13-17-11-12-18-14-16-9-5-2-6-10-16;1-4(6-2)5(7)8-3/h3-12,20,22-23H,13-17H2,1-2H3;1-10,17-18H,11-14H2;6H,1H2,2-3H3. The van der Waals surface area contributed by atoms with Gasteiger partial charge in [-0.25, -0.2) is 4.79 Å². The number of benzene rings is 4. The van der Waals surface area contributed by atoms with Gasteiger partial charge < -0.3 is 36.1 Å². The second-order valence-corrected chi connectivity index (χ2v) is 11.8. The molecule has 0 aliphatic heterocycles. The Labute approximate surface area is 311 Å². The quantitative estimate of drug-likeness (QED) is 0.0511. The molecule has 5 N–H and O–H groups in total. The largest absolute Gasteiger partial charge is 0.468 e. The Morgan fingerprint density at radius 1 is 0.615 bits per heavy atom. The lowest BCUT2D eigenvalue weighted by atomic mass is 10.2. The SMILES string of the molecule is C=C(NC)C(=O)OC.CNC(CN(CCNCc1ccccc1)Cc1ccccc1)C(=O)OC.c1ccc(CNCCNCc2ccccc2)cc1. The van der Waals surface area contributed by atoms with Crippen molar-refractivity contribution < 1.29 is 19.1 Å². The molecule has 0 amide bonds. The molecule has 10 heteroatoms. The molecule has 0 saturated heterocycles. The first kappa shape index (κ1) is 43.3. The first-order valence-electron chi connectivity index (χ1n) is 17.6. The van der Waals surface area contributed by atoms with Crippen molar-refractivity contribution in [3.8, 4) is 0 Å². The summed E-state index contributed by atoms with van der Waals surface area (Å²) in [4.78, 5) is 24.5. The minimum atomic E-state index is -0.424. The van der Waals surface area contributed by atoms with Crippen LogP contribution in [0.1, 0.15) is 22.3 Å². The van der Waals surface area contributed by atoms with Crippen LogP contribution in [0.15, 0.2) is 134 Å². The Morgan fingerprint density at radius 3 is 1.37 bits per heavy atom. The summed E-state index contributed by atoms with van der Waals surface area (Å²) in [6.07, 6.45) is 0. The molecule has 0 heterocycles. The number of likely N-dealkylation sites (N-methyl/N-ethyl adjacent to an activating group) is 2. The molecular formula is C42H58N6O4. The maximum atomic E-state index is 11.9. The van der Waals surface area contributed by atoms with Gasteiger partial charge in [0, 0.05) is 66.0 Å². The number of nitrogens with one attached hydrogen (secondary N) is 5. The van der Waals surface area contributed by atoms with Crippen LogP contribution in [0.4, 0.5) is 0 Å². The molecule has 0 aliphatic carbocycles. The monoisotopic (exact) mass is 710 g/mol. The maximum Gasteiger partial charge on any atom is 0.353 e. The van der Waals surface area contributed by atoms with Gasteiger partial charge in [0.2, 0.25) is 0 Å². The molecule has 0 spiro atoms. The molecule has 10 nitrogen and oxygen atoms in total. The summed E-state index contributed by atoms with van der Waals surface area (Å²) in [5.41, 5.74) is 5.44. The molecule has 52 heavy (non-hydrogen) atoms. The summed E-state index contributed by atoms with van der Waals surface area (Å²) in [6, 6.07) is 41.3. The van der Waals surface area contributed by atoms with E-state index >= 15 is 0 Å². The summed E-state index contributed by atoms with van der Waals surface area (Å²) in [5, 5.41) is 15.9. The summed E-state index contributed by atoms with van der Waals surface area (Å²) in [5.74, 6) is -0.657. The van der Waals surface area contributed by atoms with Crippen molar-refractivity contribution in [3.63, 3.8) is 0 Å². The van der Waals surface area contributed by atoms with Gasteiger partial charge in [-0.05, 0) is 29.3 Å².